The fraction of sp³-hybridized carbons (Fsp3) is 0. The molecule has 0 atom stereocenters. The number of hydrogen-bond acceptors (Lipinski definition) is 2. The first kappa shape index (κ1) is 13.2. The molecule has 0 fully saturated rings. The number of phenolic OH excluding ortho intramolecular Hbond substituents is 1. The molecule has 0 aliphatic rings. The Kier molecular flexibility index (Phi) is 3.88. The number of carboxylic acid groups (broad SMARTS) is 1. The number of halogens is 1. The van der Waals surface area contributed by atoms with Crippen LogP contribution in [0.3, 0.4) is 0 Å². The van der Waals surface area contributed by atoms with Crippen LogP contribution in [-0.2, 0) is 4.79 Å². The van der Waals surface area contributed by atoms with E-state index in [0.29, 0.717) is 16.1 Å². The van der Waals surface area contributed by atoms with E-state index in [9.17, 15) is 15.0 Å². The molecule has 2 rings (SSSR count). The Morgan fingerprint density at radius 2 is 1.79 bits per heavy atom. The lowest BCUT2D eigenvalue weighted by atomic mass is 10.0. The predicted molar refractivity (Wildman–Crippen MR) is 75.1 cm³/mol. The van der Waals surface area contributed by atoms with Crippen LogP contribution in [0, 0.1) is 0 Å². The first-order valence-corrected chi connectivity index (χ1v) is 5.94. The molecular formula is C15H11ClO3. The van der Waals surface area contributed by atoms with Gasteiger partial charge in [0.05, 0.1) is 5.57 Å². The molecule has 0 aromatic heterocycles. The first-order valence-electron chi connectivity index (χ1n) is 5.56. The van der Waals surface area contributed by atoms with Gasteiger partial charge in [-0.05, 0) is 41.5 Å². The first-order chi connectivity index (χ1) is 9.06. The number of aromatic hydroxyl groups is 1. The molecule has 0 bridgehead atoms. The van der Waals surface area contributed by atoms with Gasteiger partial charge in [0.2, 0.25) is 0 Å². The minimum atomic E-state index is -1.04. The standard InChI is InChI=1S/C15H11ClO3/c16-12-3-1-2-10(8-12)9-14(15(18)19)11-4-6-13(17)7-5-11/h1-9,17H,(H,18,19)/b14-9-. The van der Waals surface area contributed by atoms with Gasteiger partial charge >= 0.3 is 5.97 Å². The molecule has 0 unspecified atom stereocenters. The van der Waals surface area contributed by atoms with E-state index in [4.69, 9.17) is 11.6 Å². The number of benzene rings is 2. The van der Waals surface area contributed by atoms with Crippen LogP contribution in [0.5, 0.6) is 5.75 Å². The van der Waals surface area contributed by atoms with Crippen LogP contribution >= 0.6 is 11.6 Å². The zero-order valence-electron chi connectivity index (χ0n) is 9.88. The van der Waals surface area contributed by atoms with E-state index < -0.39 is 5.97 Å². The third-order valence-corrected chi connectivity index (χ3v) is 2.80. The minimum absolute atomic E-state index is 0.0937. The molecule has 4 heteroatoms. The third-order valence-electron chi connectivity index (χ3n) is 2.57. The predicted octanol–water partition coefficient (Wildman–Crippen LogP) is 3.67. The Morgan fingerprint density at radius 1 is 1.11 bits per heavy atom. The van der Waals surface area contributed by atoms with Gasteiger partial charge in [-0.3, -0.25) is 0 Å². The Bertz CT molecular complexity index is 630. The number of carboxylic acids is 1. The Hall–Kier alpha value is -2.26. The molecule has 0 aliphatic heterocycles. The summed E-state index contributed by atoms with van der Waals surface area (Å²) in [5, 5.41) is 19.0. The van der Waals surface area contributed by atoms with Gasteiger partial charge in [-0.15, -0.1) is 0 Å². The van der Waals surface area contributed by atoms with Crippen LogP contribution in [0.1, 0.15) is 11.1 Å². The van der Waals surface area contributed by atoms with Gasteiger partial charge < -0.3 is 10.2 Å². The zero-order chi connectivity index (χ0) is 13.8. The molecule has 0 radical (unpaired) electrons. The number of aliphatic carboxylic acids is 1. The number of carbonyl (C=O) groups is 1. The molecule has 0 heterocycles. The molecule has 0 saturated heterocycles. The lowest BCUT2D eigenvalue weighted by Gasteiger charge is -2.04. The number of phenols is 1. The van der Waals surface area contributed by atoms with Crippen molar-refractivity contribution in [1.29, 1.82) is 0 Å². The second kappa shape index (κ2) is 5.59. The van der Waals surface area contributed by atoms with Crippen molar-refractivity contribution in [2.24, 2.45) is 0 Å². The van der Waals surface area contributed by atoms with Crippen molar-refractivity contribution in [3.8, 4) is 5.75 Å². The topological polar surface area (TPSA) is 57.5 Å². The summed E-state index contributed by atoms with van der Waals surface area (Å²) in [7, 11) is 0. The zero-order valence-corrected chi connectivity index (χ0v) is 10.6. The van der Waals surface area contributed by atoms with Gasteiger partial charge in [0.25, 0.3) is 0 Å². The monoisotopic (exact) mass is 274 g/mol. The summed E-state index contributed by atoms with van der Waals surface area (Å²) in [4.78, 5) is 11.3. The molecule has 0 amide bonds. The average molecular weight is 275 g/mol. The van der Waals surface area contributed by atoms with Gasteiger partial charge in [-0.2, -0.15) is 0 Å². The summed E-state index contributed by atoms with van der Waals surface area (Å²) in [6.45, 7) is 0. The van der Waals surface area contributed by atoms with Crippen LogP contribution in [0.4, 0.5) is 0 Å². The van der Waals surface area contributed by atoms with Crippen molar-refractivity contribution in [1.82, 2.24) is 0 Å². The van der Waals surface area contributed by atoms with Gasteiger partial charge in [0, 0.05) is 5.02 Å². The summed E-state index contributed by atoms with van der Waals surface area (Å²) in [6.07, 6.45) is 1.54. The van der Waals surface area contributed by atoms with Crippen LogP contribution in [0.2, 0.25) is 5.02 Å². The molecule has 96 valence electrons. The molecule has 2 aromatic rings. The lowest BCUT2D eigenvalue weighted by Crippen LogP contribution is -1.99. The van der Waals surface area contributed by atoms with E-state index in [0.717, 1.165) is 0 Å². The molecule has 2 N–H and O–H groups in total. The van der Waals surface area contributed by atoms with E-state index in [1.54, 1.807) is 42.5 Å². The molecule has 0 spiro atoms. The maximum atomic E-state index is 11.3. The maximum Gasteiger partial charge on any atom is 0.336 e. The van der Waals surface area contributed by atoms with Crippen molar-refractivity contribution >= 4 is 29.2 Å². The number of rotatable bonds is 3. The smallest absolute Gasteiger partial charge is 0.336 e. The van der Waals surface area contributed by atoms with Crippen molar-refractivity contribution in [2.45, 2.75) is 0 Å². The second-order valence-corrected chi connectivity index (χ2v) is 4.40. The third kappa shape index (κ3) is 3.36. The van der Waals surface area contributed by atoms with Gasteiger partial charge in [0.15, 0.2) is 0 Å². The summed E-state index contributed by atoms with van der Waals surface area (Å²) in [5.74, 6) is -0.943. The molecule has 3 nitrogen and oxygen atoms in total. The Balaban J connectivity index is 2.46. The quantitative estimate of drug-likeness (QED) is 0.663. The maximum absolute atomic E-state index is 11.3. The van der Waals surface area contributed by atoms with E-state index >= 15 is 0 Å². The van der Waals surface area contributed by atoms with E-state index in [-0.39, 0.29) is 11.3 Å². The highest BCUT2D eigenvalue weighted by atomic mass is 35.5. The van der Waals surface area contributed by atoms with Crippen molar-refractivity contribution in [2.75, 3.05) is 0 Å². The summed E-state index contributed by atoms with van der Waals surface area (Å²) in [5.41, 5.74) is 1.37. The van der Waals surface area contributed by atoms with Gasteiger partial charge in [0.1, 0.15) is 5.75 Å². The van der Waals surface area contributed by atoms with Crippen molar-refractivity contribution < 1.29 is 15.0 Å². The van der Waals surface area contributed by atoms with Crippen molar-refractivity contribution in [3.05, 3.63) is 64.7 Å². The van der Waals surface area contributed by atoms with Crippen LogP contribution < -0.4 is 0 Å². The van der Waals surface area contributed by atoms with Crippen LogP contribution in [0.25, 0.3) is 11.6 Å². The fourth-order valence-electron chi connectivity index (χ4n) is 1.67. The molecule has 0 aliphatic carbocycles. The second-order valence-electron chi connectivity index (χ2n) is 3.97. The summed E-state index contributed by atoms with van der Waals surface area (Å²) >= 11 is 5.86. The summed E-state index contributed by atoms with van der Waals surface area (Å²) in [6, 6.07) is 12.9. The molecule has 2 aromatic carbocycles. The average Bonchev–Trinajstić information content (AvgIpc) is 2.37. The van der Waals surface area contributed by atoms with Crippen molar-refractivity contribution in [3.63, 3.8) is 0 Å². The Morgan fingerprint density at radius 3 is 2.37 bits per heavy atom. The highest BCUT2D eigenvalue weighted by Gasteiger charge is 2.10. The SMILES string of the molecule is O=C(O)/C(=C\c1cccc(Cl)c1)c1ccc(O)cc1. The molecule has 0 saturated carbocycles. The van der Waals surface area contributed by atoms with Crippen LogP contribution in [0.15, 0.2) is 48.5 Å². The fourth-order valence-corrected chi connectivity index (χ4v) is 1.87. The van der Waals surface area contributed by atoms with Crippen LogP contribution in [-0.4, -0.2) is 16.2 Å². The normalized spacial score (nSPS) is 11.3. The van der Waals surface area contributed by atoms with Gasteiger partial charge in [-0.25, -0.2) is 4.79 Å². The highest BCUT2D eigenvalue weighted by molar-refractivity contribution is 6.30. The molecular weight excluding hydrogens is 264 g/mol. The van der Waals surface area contributed by atoms with E-state index in [1.807, 2.05) is 0 Å². The molecule has 19 heavy (non-hydrogen) atoms. The van der Waals surface area contributed by atoms with E-state index in [1.165, 1.54) is 12.1 Å². The summed E-state index contributed by atoms with van der Waals surface area (Å²) < 4.78 is 0. The largest absolute Gasteiger partial charge is 0.508 e. The van der Waals surface area contributed by atoms with E-state index in [2.05, 4.69) is 0 Å². The van der Waals surface area contributed by atoms with Gasteiger partial charge in [-0.1, -0.05) is 35.9 Å². The minimum Gasteiger partial charge on any atom is -0.508 e. The lowest BCUT2D eigenvalue weighted by molar-refractivity contribution is -0.130. The highest BCUT2D eigenvalue weighted by Crippen LogP contribution is 2.22. The number of hydrogen-bond donors (Lipinski definition) is 2. The Labute approximate surface area is 115 Å².